The van der Waals surface area contributed by atoms with Crippen LogP contribution in [0, 0.1) is 11.3 Å². The van der Waals surface area contributed by atoms with Crippen LogP contribution in [0.15, 0.2) is 30.3 Å². The highest BCUT2D eigenvalue weighted by Gasteiger charge is 2.30. The summed E-state index contributed by atoms with van der Waals surface area (Å²) in [6.07, 6.45) is 5.87. The Hall–Kier alpha value is -2.74. The zero-order chi connectivity index (χ0) is 19.6. The standard InChI is InChI=1S/C22H27N3O2/c1-5-24-19(14-17-9-8-16(15-23)13-20(17)24)11-10-18-7-6-12-25(18)21(26)27-22(2,3)4/h8-11,13-14,18H,5-7,12H2,1-4H3/b11-10+/t18-/m0/s1. The number of aryl methyl sites for hydroxylation is 1. The summed E-state index contributed by atoms with van der Waals surface area (Å²) in [6.45, 7) is 9.31. The maximum absolute atomic E-state index is 12.5. The van der Waals surface area contributed by atoms with Gasteiger partial charge in [-0.25, -0.2) is 4.79 Å². The van der Waals surface area contributed by atoms with Gasteiger partial charge in [-0.15, -0.1) is 0 Å². The summed E-state index contributed by atoms with van der Waals surface area (Å²) in [7, 11) is 0. The Kier molecular flexibility index (Phi) is 5.27. The van der Waals surface area contributed by atoms with E-state index in [1.807, 2.05) is 43.9 Å². The molecular weight excluding hydrogens is 338 g/mol. The second-order valence-electron chi connectivity index (χ2n) is 7.94. The average Bonchev–Trinajstić information content (AvgIpc) is 3.21. The van der Waals surface area contributed by atoms with Crippen molar-refractivity contribution in [3.05, 3.63) is 41.6 Å². The van der Waals surface area contributed by atoms with Gasteiger partial charge in [0, 0.05) is 29.7 Å². The summed E-state index contributed by atoms with van der Waals surface area (Å²) in [6, 6.07) is 10.1. The second kappa shape index (κ2) is 7.48. The van der Waals surface area contributed by atoms with Crippen molar-refractivity contribution in [2.75, 3.05) is 6.54 Å². The van der Waals surface area contributed by atoms with Crippen LogP contribution in [0.2, 0.25) is 0 Å². The molecule has 2 aromatic rings. The second-order valence-corrected chi connectivity index (χ2v) is 7.94. The molecule has 1 amide bonds. The molecule has 0 saturated carbocycles. The van der Waals surface area contributed by atoms with Crippen molar-refractivity contribution in [1.29, 1.82) is 5.26 Å². The van der Waals surface area contributed by atoms with Crippen molar-refractivity contribution in [3.8, 4) is 6.07 Å². The molecule has 3 rings (SSSR count). The van der Waals surface area contributed by atoms with E-state index in [0.717, 1.165) is 42.5 Å². The van der Waals surface area contributed by atoms with Crippen LogP contribution in [0.4, 0.5) is 4.79 Å². The molecule has 0 radical (unpaired) electrons. The Morgan fingerprint density at radius 1 is 1.37 bits per heavy atom. The van der Waals surface area contributed by atoms with Crippen LogP contribution in [0.1, 0.15) is 51.8 Å². The molecule has 1 aliphatic rings. The molecular formula is C22H27N3O2. The van der Waals surface area contributed by atoms with E-state index in [4.69, 9.17) is 10.00 Å². The number of fused-ring (bicyclic) bond motifs is 1. The number of carbonyl (C=O) groups excluding carboxylic acids is 1. The molecule has 27 heavy (non-hydrogen) atoms. The summed E-state index contributed by atoms with van der Waals surface area (Å²) in [5.74, 6) is 0. The van der Waals surface area contributed by atoms with Gasteiger partial charge in [-0.1, -0.05) is 12.1 Å². The minimum Gasteiger partial charge on any atom is -0.444 e. The van der Waals surface area contributed by atoms with Crippen LogP contribution >= 0.6 is 0 Å². The lowest BCUT2D eigenvalue weighted by Gasteiger charge is -2.27. The van der Waals surface area contributed by atoms with Gasteiger partial charge in [0.25, 0.3) is 0 Å². The van der Waals surface area contributed by atoms with Gasteiger partial charge in [0.15, 0.2) is 0 Å². The first-order valence-corrected chi connectivity index (χ1v) is 9.53. The van der Waals surface area contributed by atoms with Crippen LogP contribution in [0.25, 0.3) is 17.0 Å². The predicted octanol–water partition coefficient (Wildman–Crippen LogP) is 4.95. The lowest BCUT2D eigenvalue weighted by atomic mass is 10.1. The Bertz CT molecular complexity index is 912. The molecule has 1 fully saturated rings. The van der Waals surface area contributed by atoms with Gasteiger partial charge >= 0.3 is 6.09 Å². The number of aromatic nitrogens is 1. The largest absolute Gasteiger partial charge is 0.444 e. The molecule has 0 unspecified atom stereocenters. The summed E-state index contributed by atoms with van der Waals surface area (Å²) >= 11 is 0. The van der Waals surface area contributed by atoms with Crippen LogP contribution in [-0.4, -0.2) is 33.7 Å². The molecule has 1 aliphatic heterocycles. The van der Waals surface area contributed by atoms with Crippen molar-refractivity contribution < 1.29 is 9.53 Å². The quantitative estimate of drug-likeness (QED) is 0.773. The zero-order valence-electron chi connectivity index (χ0n) is 16.5. The van der Waals surface area contributed by atoms with Gasteiger partial charge in [-0.2, -0.15) is 5.26 Å². The number of rotatable bonds is 3. The minimum atomic E-state index is -0.485. The molecule has 1 aromatic heterocycles. The van der Waals surface area contributed by atoms with Crippen LogP contribution in [0.5, 0.6) is 0 Å². The van der Waals surface area contributed by atoms with Crippen LogP contribution in [0.3, 0.4) is 0 Å². The third-order valence-corrected chi connectivity index (χ3v) is 4.80. The van der Waals surface area contributed by atoms with Gasteiger partial charge in [0.05, 0.1) is 17.7 Å². The number of hydrogen-bond acceptors (Lipinski definition) is 3. The van der Waals surface area contributed by atoms with E-state index in [1.165, 1.54) is 0 Å². The first-order chi connectivity index (χ1) is 12.8. The van der Waals surface area contributed by atoms with Crippen LogP contribution in [-0.2, 0) is 11.3 Å². The first kappa shape index (κ1) is 19.0. The summed E-state index contributed by atoms with van der Waals surface area (Å²) in [5.41, 5.74) is 2.32. The van der Waals surface area contributed by atoms with E-state index in [-0.39, 0.29) is 12.1 Å². The van der Waals surface area contributed by atoms with E-state index in [0.29, 0.717) is 5.56 Å². The third kappa shape index (κ3) is 4.16. The van der Waals surface area contributed by atoms with Crippen molar-refractivity contribution in [2.24, 2.45) is 0 Å². The summed E-state index contributed by atoms with van der Waals surface area (Å²) in [5, 5.41) is 10.3. The molecule has 1 aromatic carbocycles. The molecule has 5 heteroatoms. The van der Waals surface area contributed by atoms with E-state index in [2.05, 4.69) is 35.8 Å². The van der Waals surface area contributed by atoms with Crippen molar-refractivity contribution >= 4 is 23.1 Å². The van der Waals surface area contributed by atoms with Gasteiger partial charge in [0.2, 0.25) is 0 Å². The van der Waals surface area contributed by atoms with Gasteiger partial charge in [-0.3, -0.25) is 0 Å². The average molecular weight is 365 g/mol. The summed E-state index contributed by atoms with van der Waals surface area (Å²) in [4.78, 5) is 14.3. The summed E-state index contributed by atoms with van der Waals surface area (Å²) < 4.78 is 7.73. The first-order valence-electron chi connectivity index (χ1n) is 9.53. The maximum Gasteiger partial charge on any atom is 0.410 e. The Labute approximate surface area is 160 Å². The van der Waals surface area contributed by atoms with Gasteiger partial charge in [-0.05, 0) is 64.8 Å². The molecule has 1 saturated heterocycles. The lowest BCUT2D eigenvalue weighted by Crippen LogP contribution is -2.39. The number of amides is 1. The molecule has 0 spiro atoms. The molecule has 0 N–H and O–H groups in total. The number of benzene rings is 1. The minimum absolute atomic E-state index is 0.0536. The van der Waals surface area contributed by atoms with Gasteiger partial charge in [0.1, 0.15) is 5.60 Å². The molecule has 0 aliphatic carbocycles. The number of carbonyl (C=O) groups is 1. The normalized spacial score (nSPS) is 17.6. The highest BCUT2D eigenvalue weighted by atomic mass is 16.6. The third-order valence-electron chi connectivity index (χ3n) is 4.80. The van der Waals surface area contributed by atoms with Gasteiger partial charge < -0.3 is 14.2 Å². The molecule has 142 valence electrons. The fourth-order valence-corrected chi connectivity index (χ4v) is 3.59. The van der Waals surface area contributed by atoms with E-state index in [1.54, 1.807) is 0 Å². The lowest BCUT2D eigenvalue weighted by molar-refractivity contribution is 0.0256. The zero-order valence-corrected chi connectivity index (χ0v) is 16.5. The number of nitriles is 1. The number of likely N-dealkylation sites (tertiary alicyclic amines) is 1. The van der Waals surface area contributed by atoms with E-state index >= 15 is 0 Å². The predicted molar refractivity (Wildman–Crippen MR) is 107 cm³/mol. The molecule has 2 heterocycles. The molecule has 1 atom stereocenters. The highest BCUT2D eigenvalue weighted by molar-refractivity contribution is 5.85. The van der Waals surface area contributed by atoms with E-state index < -0.39 is 5.60 Å². The fraction of sp³-hybridized carbons (Fsp3) is 0.455. The number of nitrogens with zero attached hydrogens (tertiary/aromatic N) is 3. The Balaban J connectivity index is 1.85. The monoisotopic (exact) mass is 365 g/mol. The molecule has 0 bridgehead atoms. The maximum atomic E-state index is 12.5. The fourth-order valence-electron chi connectivity index (χ4n) is 3.59. The van der Waals surface area contributed by atoms with E-state index in [9.17, 15) is 4.79 Å². The SMILES string of the molecule is CCn1c(/C=C/[C@@H]2CCCN2C(=O)OC(C)(C)C)cc2ccc(C#N)cc21. The Morgan fingerprint density at radius 3 is 2.81 bits per heavy atom. The smallest absolute Gasteiger partial charge is 0.410 e. The van der Waals surface area contributed by atoms with Crippen molar-refractivity contribution in [3.63, 3.8) is 0 Å². The van der Waals surface area contributed by atoms with Crippen molar-refractivity contribution in [2.45, 2.75) is 58.7 Å². The highest BCUT2D eigenvalue weighted by Crippen LogP contribution is 2.25. The molecule has 5 nitrogen and oxygen atoms in total. The van der Waals surface area contributed by atoms with Crippen molar-refractivity contribution in [1.82, 2.24) is 9.47 Å². The number of ether oxygens (including phenoxy) is 1. The Morgan fingerprint density at radius 2 is 2.15 bits per heavy atom. The topological polar surface area (TPSA) is 58.3 Å². The van der Waals surface area contributed by atoms with Crippen LogP contribution < -0.4 is 0 Å². The number of hydrogen-bond donors (Lipinski definition) is 0.